The van der Waals surface area contributed by atoms with E-state index in [0.717, 1.165) is 35.9 Å². The summed E-state index contributed by atoms with van der Waals surface area (Å²) in [5, 5.41) is 0. The molecule has 0 aliphatic carbocycles. The predicted octanol–water partition coefficient (Wildman–Crippen LogP) is 3.27. The second kappa shape index (κ2) is 6.88. The van der Waals surface area contributed by atoms with Gasteiger partial charge in [0.25, 0.3) is 0 Å². The van der Waals surface area contributed by atoms with Crippen LogP contribution in [-0.4, -0.2) is 18.5 Å². The van der Waals surface area contributed by atoms with Crippen LogP contribution >= 0.6 is 24.8 Å². The molecule has 6 heteroatoms. The normalized spacial score (nSPS) is 17.6. The third-order valence-corrected chi connectivity index (χ3v) is 3.18. The number of benzene rings is 1. The first-order valence-electron chi connectivity index (χ1n) is 5.99. The first-order valence-corrected chi connectivity index (χ1v) is 5.99. The molecule has 1 aromatic heterocycles. The van der Waals surface area contributed by atoms with E-state index in [1.54, 1.807) is 6.26 Å². The molecule has 2 heterocycles. The molecule has 4 nitrogen and oxygen atoms in total. The van der Waals surface area contributed by atoms with Gasteiger partial charge >= 0.3 is 0 Å². The lowest BCUT2D eigenvalue weighted by atomic mass is 10.1. The van der Waals surface area contributed by atoms with Gasteiger partial charge in [-0.2, -0.15) is 0 Å². The van der Waals surface area contributed by atoms with Gasteiger partial charge in [0.15, 0.2) is 0 Å². The molecular formula is C14H18Cl2N2O2. The lowest BCUT2D eigenvalue weighted by Crippen LogP contribution is -2.32. The molecule has 1 aliphatic heterocycles. The second-order valence-corrected chi connectivity index (χ2v) is 4.67. The van der Waals surface area contributed by atoms with Crippen molar-refractivity contribution in [1.82, 2.24) is 4.90 Å². The minimum Gasteiger partial charge on any atom is -0.484 e. The van der Waals surface area contributed by atoms with Crippen LogP contribution < -0.4 is 10.5 Å². The van der Waals surface area contributed by atoms with E-state index in [1.807, 2.05) is 30.3 Å². The number of halogens is 2. The zero-order chi connectivity index (χ0) is 12.5. The maximum Gasteiger partial charge on any atom is 0.140 e. The van der Waals surface area contributed by atoms with E-state index in [2.05, 4.69) is 11.9 Å². The molecule has 110 valence electrons. The molecule has 0 spiro atoms. The maximum absolute atomic E-state index is 6.01. The van der Waals surface area contributed by atoms with Crippen molar-refractivity contribution in [3.63, 3.8) is 0 Å². The Labute approximate surface area is 130 Å². The van der Waals surface area contributed by atoms with Crippen molar-refractivity contribution in [1.29, 1.82) is 0 Å². The van der Waals surface area contributed by atoms with Crippen LogP contribution in [0.3, 0.4) is 0 Å². The van der Waals surface area contributed by atoms with Crippen molar-refractivity contribution in [2.45, 2.75) is 12.6 Å². The Morgan fingerprint density at radius 2 is 1.90 bits per heavy atom. The van der Waals surface area contributed by atoms with E-state index >= 15 is 0 Å². The number of rotatable bonds is 2. The number of likely N-dealkylation sites (N-methyl/N-ethyl adjacent to an activating group) is 1. The first-order chi connectivity index (χ1) is 8.72. The summed E-state index contributed by atoms with van der Waals surface area (Å²) in [7, 11) is 2.06. The van der Waals surface area contributed by atoms with Crippen molar-refractivity contribution < 1.29 is 9.15 Å². The van der Waals surface area contributed by atoms with E-state index in [4.69, 9.17) is 14.9 Å². The average Bonchev–Trinajstić information content (AvgIpc) is 2.80. The Kier molecular flexibility index (Phi) is 5.74. The fraction of sp³-hybridized carbons (Fsp3) is 0.286. The number of furan rings is 1. The van der Waals surface area contributed by atoms with Gasteiger partial charge in [0.2, 0.25) is 0 Å². The van der Waals surface area contributed by atoms with Gasteiger partial charge in [-0.05, 0) is 37.4 Å². The molecule has 0 fully saturated rings. The molecule has 1 unspecified atom stereocenters. The van der Waals surface area contributed by atoms with Crippen molar-refractivity contribution in [2.24, 2.45) is 0 Å². The Balaban J connectivity index is 0.000001000. The van der Waals surface area contributed by atoms with Crippen LogP contribution in [0.1, 0.15) is 17.4 Å². The number of nitrogen functional groups attached to an aromatic ring is 1. The van der Waals surface area contributed by atoms with E-state index in [1.165, 1.54) is 0 Å². The summed E-state index contributed by atoms with van der Waals surface area (Å²) in [4.78, 5) is 2.19. The van der Waals surface area contributed by atoms with Crippen molar-refractivity contribution in [3.05, 3.63) is 47.9 Å². The SMILES string of the molecule is CN1Cc2occc2C(Oc2ccc(N)cc2)C1.Cl.Cl. The smallest absolute Gasteiger partial charge is 0.140 e. The molecule has 0 saturated carbocycles. The highest BCUT2D eigenvalue weighted by Crippen LogP contribution is 2.30. The molecule has 0 saturated heterocycles. The van der Waals surface area contributed by atoms with Crippen LogP contribution in [0.15, 0.2) is 41.0 Å². The number of nitrogens with two attached hydrogens (primary N) is 1. The van der Waals surface area contributed by atoms with Crippen LogP contribution in [0, 0.1) is 0 Å². The summed E-state index contributed by atoms with van der Waals surface area (Å²) >= 11 is 0. The molecule has 1 aromatic carbocycles. The number of hydrogen-bond donors (Lipinski definition) is 1. The molecular weight excluding hydrogens is 299 g/mol. The van der Waals surface area contributed by atoms with Gasteiger partial charge in [-0.25, -0.2) is 0 Å². The van der Waals surface area contributed by atoms with Crippen molar-refractivity contribution in [2.75, 3.05) is 19.3 Å². The highest BCUT2D eigenvalue weighted by atomic mass is 35.5. The summed E-state index contributed by atoms with van der Waals surface area (Å²) in [6, 6.07) is 9.47. The molecule has 2 N–H and O–H groups in total. The molecule has 0 amide bonds. The summed E-state index contributed by atoms with van der Waals surface area (Å²) in [6.45, 7) is 1.70. The van der Waals surface area contributed by atoms with Gasteiger partial charge in [0, 0.05) is 17.8 Å². The number of anilines is 1. The largest absolute Gasteiger partial charge is 0.484 e. The summed E-state index contributed by atoms with van der Waals surface area (Å²) in [5.74, 6) is 1.82. The van der Waals surface area contributed by atoms with Crippen LogP contribution in [0.2, 0.25) is 0 Å². The topological polar surface area (TPSA) is 51.6 Å². The Morgan fingerprint density at radius 3 is 2.60 bits per heavy atom. The Bertz CT molecular complexity index is 542. The Hall–Kier alpha value is -1.36. The second-order valence-electron chi connectivity index (χ2n) is 4.67. The number of hydrogen-bond acceptors (Lipinski definition) is 4. The predicted molar refractivity (Wildman–Crippen MR) is 83.8 cm³/mol. The van der Waals surface area contributed by atoms with Gasteiger partial charge in [0.05, 0.1) is 12.8 Å². The van der Waals surface area contributed by atoms with Gasteiger partial charge in [-0.3, -0.25) is 4.90 Å². The van der Waals surface area contributed by atoms with Crippen LogP contribution in [0.5, 0.6) is 5.75 Å². The first kappa shape index (κ1) is 16.7. The van der Waals surface area contributed by atoms with Gasteiger partial charge in [0.1, 0.15) is 17.6 Å². The molecule has 2 aromatic rings. The van der Waals surface area contributed by atoms with E-state index < -0.39 is 0 Å². The summed E-state index contributed by atoms with van der Waals surface area (Å²) in [5.41, 5.74) is 7.55. The van der Waals surface area contributed by atoms with Crippen LogP contribution in [-0.2, 0) is 6.54 Å². The van der Waals surface area contributed by atoms with Crippen LogP contribution in [0.25, 0.3) is 0 Å². The minimum atomic E-state index is 0. The number of nitrogens with zero attached hydrogens (tertiary/aromatic N) is 1. The zero-order valence-electron chi connectivity index (χ0n) is 11.1. The third-order valence-electron chi connectivity index (χ3n) is 3.18. The van der Waals surface area contributed by atoms with Crippen LogP contribution in [0.4, 0.5) is 5.69 Å². The molecule has 1 atom stereocenters. The third kappa shape index (κ3) is 3.39. The van der Waals surface area contributed by atoms with Crippen molar-refractivity contribution >= 4 is 30.5 Å². The van der Waals surface area contributed by atoms with Gasteiger partial charge < -0.3 is 14.9 Å². The minimum absolute atomic E-state index is 0. The highest BCUT2D eigenvalue weighted by Gasteiger charge is 2.27. The molecule has 0 bridgehead atoms. The molecule has 1 aliphatic rings. The molecule has 20 heavy (non-hydrogen) atoms. The molecule has 0 radical (unpaired) electrons. The fourth-order valence-corrected chi connectivity index (χ4v) is 2.27. The Morgan fingerprint density at radius 1 is 1.20 bits per heavy atom. The zero-order valence-corrected chi connectivity index (χ0v) is 12.7. The fourth-order valence-electron chi connectivity index (χ4n) is 2.27. The quantitative estimate of drug-likeness (QED) is 0.864. The molecule has 3 rings (SSSR count). The highest BCUT2D eigenvalue weighted by molar-refractivity contribution is 5.85. The van der Waals surface area contributed by atoms with E-state index in [-0.39, 0.29) is 30.9 Å². The van der Waals surface area contributed by atoms with Gasteiger partial charge in [-0.1, -0.05) is 0 Å². The van der Waals surface area contributed by atoms with Gasteiger partial charge in [-0.15, -0.1) is 24.8 Å². The van der Waals surface area contributed by atoms with E-state index in [0.29, 0.717) is 0 Å². The lowest BCUT2D eigenvalue weighted by Gasteiger charge is -2.29. The summed E-state index contributed by atoms with van der Waals surface area (Å²) in [6.07, 6.45) is 1.74. The van der Waals surface area contributed by atoms with E-state index in [9.17, 15) is 0 Å². The lowest BCUT2D eigenvalue weighted by molar-refractivity contribution is 0.120. The maximum atomic E-state index is 6.01. The monoisotopic (exact) mass is 316 g/mol. The number of fused-ring (bicyclic) bond motifs is 1. The average molecular weight is 317 g/mol. The summed E-state index contributed by atoms with van der Waals surface area (Å²) < 4.78 is 11.5. The number of ether oxygens (including phenoxy) is 1. The standard InChI is InChI=1S/C14H16N2O2.2ClH/c1-16-8-13-12(6-7-17-13)14(9-16)18-11-4-2-10(15)3-5-11;;/h2-7,14H,8-9,15H2,1H3;2*1H. The van der Waals surface area contributed by atoms with Crippen molar-refractivity contribution in [3.8, 4) is 5.75 Å².